The van der Waals surface area contributed by atoms with E-state index in [9.17, 15) is 10.1 Å². The predicted octanol–water partition coefficient (Wildman–Crippen LogP) is 5.41. The Hall–Kier alpha value is -3.08. The number of nitrogens with zero attached hydrogens (tertiary/aromatic N) is 2. The fourth-order valence-electron chi connectivity index (χ4n) is 4.85. The van der Waals surface area contributed by atoms with Gasteiger partial charge in [-0.3, -0.25) is 4.79 Å². The zero-order valence-electron chi connectivity index (χ0n) is 20.3. The molecule has 1 aliphatic heterocycles. The molecule has 6 nitrogen and oxygen atoms in total. The molecule has 4 rings (SSSR count). The summed E-state index contributed by atoms with van der Waals surface area (Å²) >= 11 is 3.44. The molecule has 0 saturated carbocycles. The topological polar surface area (TPSA) is 88.6 Å². The van der Waals surface area contributed by atoms with Crippen molar-refractivity contribution in [1.82, 2.24) is 4.90 Å². The van der Waals surface area contributed by atoms with Gasteiger partial charge in [-0.15, -0.1) is 0 Å². The van der Waals surface area contributed by atoms with Crippen molar-refractivity contribution in [2.45, 2.75) is 39.2 Å². The van der Waals surface area contributed by atoms with E-state index in [-0.39, 0.29) is 11.2 Å². The minimum Gasteiger partial charge on any atom is -0.489 e. The first-order valence-electron chi connectivity index (χ1n) is 11.6. The molecule has 2 aromatic rings. The van der Waals surface area contributed by atoms with Gasteiger partial charge in [0.25, 0.3) is 0 Å². The average Bonchev–Trinajstić information content (AvgIpc) is 2.82. The van der Waals surface area contributed by atoms with Crippen LogP contribution in [0.15, 0.2) is 75.7 Å². The summed E-state index contributed by atoms with van der Waals surface area (Å²) in [7, 11) is 1.63. The Morgan fingerprint density at radius 2 is 1.83 bits per heavy atom. The van der Waals surface area contributed by atoms with Crippen LogP contribution in [0.4, 0.5) is 0 Å². The maximum absolute atomic E-state index is 13.4. The summed E-state index contributed by atoms with van der Waals surface area (Å²) in [6.07, 6.45) is 1.15. The van der Waals surface area contributed by atoms with Crippen LogP contribution in [-0.2, 0) is 16.1 Å². The third-order valence-electron chi connectivity index (χ3n) is 6.54. The number of hydrogen-bond acceptors (Lipinski definition) is 6. The highest BCUT2D eigenvalue weighted by molar-refractivity contribution is 9.10. The summed E-state index contributed by atoms with van der Waals surface area (Å²) in [5, 5.41) is 10.1. The Bertz CT molecular complexity index is 1210. The van der Waals surface area contributed by atoms with E-state index in [4.69, 9.17) is 15.2 Å². The van der Waals surface area contributed by atoms with Crippen LogP contribution in [-0.4, -0.2) is 30.9 Å². The fraction of sp³-hybridized carbons (Fsp3) is 0.357. The van der Waals surface area contributed by atoms with E-state index in [0.717, 1.165) is 27.0 Å². The van der Waals surface area contributed by atoms with Gasteiger partial charge in [0.05, 0.1) is 24.2 Å². The van der Waals surface area contributed by atoms with Crippen LogP contribution >= 0.6 is 15.9 Å². The Kier molecular flexibility index (Phi) is 7.34. The summed E-state index contributed by atoms with van der Waals surface area (Å²) in [5.74, 6) is 0.696. The van der Waals surface area contributed by atoms with Gasteiger partial charge in [-0.25, -0.2) is 0 Å². The van der Waals surface area contributed by atoms with Gasteiger partial charge in [0, 0.05) is 35.8 Å². The second-order valence-corrected chi connectivity index (χ2v) is 10.7. The molecule has 7 heteroatoms. The van der Waals surface area contributed by atoms with Gasteiger partial charge in [-0.05, 0) is 47.2 Å². The summed E-state index contributed by atoms with van der Waals surface area (Å²) in [6.45, 7) is 5.57. The molecule has 182 valence electrons. The predicted molar refractivity (Wildman–Crippen MR) is 138 cm³/mol. The lowest BCUT2D eigenvalue weighted by Gasteiger charge is -2.43. The van der Waals surface area contributed by atoms with Crippen LogP contribution in [0.1, 0.15) is 43.7 Å². The standard InChI is InChI=1S/C28H30BrN3O3/c1-28(2)14-23-26(24(33)15-28)25(22(16-30)27(31)32(23)12-13-34-3)19-6-10-21(11-7-19)35-17-18-4-8-20(29)9-5-18/h4-11,25H,12-15,17,31H2,1-3H3/t25-/m0/s1. The third-order valence-corrected chi connectivity index (χ3v) is 7.07. The lowest BCUT2D eigenvalue weighted by molar-refractivity contribution is -0.118. The van der Waals surface area contributed by atoms with Crippen LogP contribution in [0.2, 0.25) is 0 Å². The van der Waals surface area contributed by atoms with E-state index in [2.05, 4.69) is 35.8 Å². The number of hydrogen-bond donors (Lipinski definition) is 1. The Labute approximate surface area is 215 Å². The average molecular weight is 536 g/mol. The number of nitriles is 1. The zero-order chi connectivity index (χ0) is 25.2. The third kappa shape index (κ3) is 5.29. The molecule has 2 aliphatic rings. The van der Waals surface area contributed by atoms with Gasteiger partial charge in [0.15, 0.2) is 5.78 Å². The smallest absolute Gasteiger partial charge is 0.162 e. The Balaban J connectivity index is 1.67. The van der Waals surface area contributed by atoms with Crippen LogP contribution in [0.3, 0.4) is 0 Å². The van der Waals surface area contributed by atoms with Crippen LogP contribution in [0.5, 0.6) is 5.75 Å². The number of allylic oxidation sites excluding steroid dienone is 3. The molecule has 0 bridgehead atoms. The first-order chi connectivity index (χ1) is 16.7. The molecular formula is C28H30BrN3O3. The number of Topliss-reactive ketones (excluding diaryl/α,β-unsaturated/α-hetero) is 1. The molecular weight excluding hydrogens is 506 g/mol. The summed E-state index contributed by atoms with van der Waals surface area (Å²) < 4.78 is 12.2. The van der Waals surface area contributed by atoms with Crippen LogP contribution in [0, 0.1) is 16.7 Å². The van der Waals surface area contributed by atoms with Gasteiger partial charge >= 0.3 is 0 Å². The van der Waals surface area contributed by atoms with E-state index < -0.39 is 5.92 Å². The number of ether oxygens (including phenoxy) is 2. The lowest BCUT2D eigenvalue weighted by Crippen LogP contribution is -2.43. The van der Waals surface area contributed by atoms with Gasteiger partial charge in [-0.2, -0.15) is 5.26 Å². The van der Waals surface area contributed by atoms with Crippen molar-refractivity contribution >= 4 is 21.7 Å². The Morgan fingerprint density at radius 1 is 1.14 bits per heavy atom. The molecule has 0 spiro atoms. The molecule has 0 unspecified atom stereocenters. The van der Waals surface area contributed by atoms with Gasteiger partial charge in [0.2, 0.25) is 0 Å². The molecule has 0 saturated heterocycles. The number of nitrogens with two attached hydrogens (primary N) is 1. The molecule has 0 radical (unpaired) electrons. The molecule has 2 N–H and O–H groups in total. The van der Waals surface area contributed by atoms with Gasteiger partial charge in [0.1, 0.15) is 18.2 Å². The molecule has 1 aliphatic carbocycles. The number of benzene rings is 2. The van der Waals surface area contributed by atoms with Crippen molar-refractivity contribution in [3.05, 3.63) is 86.8 Å². The first-order valence-corrected chi connectivity index (χ1v) is 12.4. The summed E-state index contributed by atoms with van der Waals surface area (Å²) in [5.41, 5.74) is 10.3. The largest absolute Gasteiger partial charge is 0.489 e. The van der Waals surface area contributed by atoms with E-state index >= 15 is 0 Å². The van der Waals surface area contributed by atoms with Gasteiger partial charge < -0.3 is 20.1 Å². The number of carbonyl (C=O) groups is 1. The molecule has 1 atom stereocenters. The maximum atomic E-state index is 13.4. The van der Waals surface area contributed by atoms with Crippen molar-refractivity contribution in [3.8, 4) is 11.8 Å². The summed E-state index contributed by atoms with van der Waals surface area (Å²) in [4.78, 5) is 15.4. The van der Waals surface area contributed by atoms with E-state index in [1.54, 1.807) is 7.11 Å². The Morgan fingerprint density at radius 3 is 2.46 bits per heavy atom. The second-order valence-electron chi connectivity index (χ2n) is 9.77. The highest BCUT2D eigenvalue weighted by Crippen LogP contribution is 2.49. The quantitative estimate of drug-likeness (QED) is 0.509. The van der Waals surface area contributed by atoms with E-state index in [0.29, 0.717) is 49.6 Å². The molecule has 0 aromatic heterocycles. The van der Waals surface area contributed by atoms with Gasteiger partial charge in [-0.1, -0.05) is 54.0 Å². The van der Waals surface area contributed by atoms with Crippen molar-refractivity contribution in [2.75, 3.05) is 20.3 Å². The zero-order valence-corrected chi connectivity index (χ0v) is 21.9. The molecule has 1 heterocycles. The fourth-order valence-corrected chi connectivity index (χ4v) is 5.11. The molecule has 0 amide bonds. The number of rotatable bonds is 7. The van der Waals surface area contributed by atoms with Crippen molar-refractivity contribution in [3.63, 3.8) is 0 Å². The summed E-state index contributed by atoms with van der Waals surface area (Å²) in [6, 6.07) is 17.9. The number of halogens is 1. The molecule has 0 fully saturated rings. The van der Waals surface area contributed by atoms with Crippen molar-refractivity contribution < 1.29 is 14.3 Å². The van der Waals surface area contributed by atoms with Crippen molar-refractivity contribution in [1.29, 1.82) is 5.26 Å². The number of methoxy groups -OCH3 is 1. The van der Waals surface area contributed by atoms with E-state index in [1.807, 2.05) is 53.4 Å². The monoisotopic (exact) mass is 535 g/mol. The highest BCUT2D eigenvalue weighted by Gasteiger charge is 2.44. The van der Waals surface area contributed by atoms with Crippen molar-refractivity contribution in [2.24, 2.45) is 11.1 Å². The first kappa shape index (κ1) is 25.0. The second kappa shape index (κ2) is 10.3. The lowest BCUT2D eigenvalue weighted by atomic mass is 9.68. The maximum Gasteiger partial charge on any atom is 0.162 e. The van der Waals surface area contributed by atoms with Crippen LogP contribution in [0.25, 0.3) is 0 Å². The molecule has 35 heavy (non-hydrogen) atoms. The van der Waals surface area contributed by atoms with Crippen LogP contribution < -0.4 is 10.5 Å². The minimum atomic E-state index is -0.488. The highest BCUT2D eigenvalue weighted by atomic mass is 79.9. The SMILES string of the molecule is COCCN1C(N)=C(C#N)[C@H](c2ccc(OCc3ccc(Br)cc3)cc2)C2=C1CC(C)(C)CC2=O. The normalized spacial score (nSPS) is 19.5. The minimum absolute atomic E-state index is 0.0690. The number of carbonyl (C=O) groups excluding carboxylic acids is 1. The van der Waals surface area contributed by atoms with E-state index in [1.165, 1.54) is 0 Å². The molecule has 2 aromatic carbocycles. The number of ketones is 1.